The van der Waals surface area contributed by atoms with E-state index in [1.165, 1.54) is 17.9 Å². The van der Waals surface area contributed by atoms with Crippen molar-refractivity contribution < 1.29 is 9.53 Å². The van der Waals surface area contributed by atoms with Gasteiger partial charge in [0, 0.05) is 13.1 Å². The fraction of sp³-hybridized carbons (Fsp3) is 0.353. The van der Waals surface area contributed by atoms with Crippen LogP contribution in [0.3, 0.4) is 0 Å². The molecule has 23 heavy (non-hydrogen) atoms. The van der Waals surface area contributed by atoms with Crippen molar-refractivity contribution in [3.63, 3.8) is 0 Å². The number of nitrogens with zero attached hydrogens (tertiary/aromatic N) is 3. The highest BCUT2D eigenvalue weighted by Crippen LogP contribution is 2.19. The van der Waals surface area contributed by atoms with E-state index in [2.05, 4.69) is 5.10 Å². The average Bonchev–Trinajstić information content (AvgIpc) is 2.62. The number of amides is 1. The minimum absolute atomic E-state index is 0.179. The molecule has 0 atom stereocenters. The first-order valence-electron chi connectivity index (χ1n) is 7.74. The summed E-state index contributed by atoms with van der Waals surface area (Å²) in [5.74, 6) is 0.0315. The van der Waals surface area contributed by atoms with Crippen molar-refractivity contribution in [2.75, 3.05) is 20.2 Å². The van der Waals surface area contributed by atoms with Crippen molar-refractivity contribution in [1.82, 2.24) is 14.7 Å². The molecule has 0 aliphatic carbocycles. The summed E-state index contributed by atoms with van der Waals surface area (Å²) in [6.45, 7) is 1.43. The Morgan fingerprint density at radius 1 is 1.13 bits per heavy atom. The molecule has 120 valence electrons. The van der Waals surface area contributed by atoms with Crippen molar-refractivity contribution >= 4 is 5.91 Å². The molecule has 1 saturated heterocycles. The van der Waals surface area contributed by atoms with Crippen LogP contribution in [0.1, 0.15) is 29.8 Å². The summed E-state index contributed by atoms with van der Waals surface area (Å²) in [6.07, 6.45) is 3.12. The molecule has 1 aliphatic heterocycles. The minimum atomic E-state index is -0.330. The zero-order chi connectivity index (χ0) is 16.2. The molecular formula is C17H19N3O3. The first kappa shape index (κ1) is 15.3. The van der Waals surface area contributed by atoms with E-state index >= 15 is 0 Å². The van der Waals surface area contributed by atoms with Gasteiger partial charge in [-0.3, -0.25) is 9.59 Å². The number of rotatable bonds is 3. The van der Waals surface area contributed by atoms with E-state index in [-0.39, 0.29) is 22.9 Å². The third kappa shape index (κ3) is 3.11. The average molecular weight is 313 g/mol. The molecule has 0 unspecified atom stereocenters. The van der Waals surface area contributed by atoms with Gasteiger partial charge in [-0.1, -0.05) is 18.2 Å². The molecule has 1 fully saturated rings. The molecule has 2 aromatic rings. The molecule has 1 aliphatic rings. The molecule has 0 radical (unpaired) electrons. The van der Waals surface area contributed by atoms with Crippen LogP contribution in [0.25, 0.3) is 5.69 Å². The Kier molecular flexibility index (Phi) is 4.41. The van der Waals surface area contributed by atoms with Gasteiger partial charge in [0.1, 0.15) is 0 Å². The SMILES string of the molecule is COc1cc(=O)n(-c2ccccc2)nc1C(=O)N1CCCCC1. The van der Waals surface area contributed by atoms with Gasteiger partial charge in [-0.15, -0.1) is 0 Å². The summed E-state index contributed by atoms with van der Waals surface area (Å²) < 4.78 is 6.44. The van der Waals surface area contributed by atoms with Crippen molar-refractivity contribution in [2.45, 2.75) is 19.3 Å². The first-order valence-corrected chi connectivity index (χ1v) is 7.74. The second kappa shape index (κ2) is 6.64. The first-order chi connectivity index (χ1) is 11.2. The van der Waals surface area contributed by atoms with Crippen LogP contribution >= 0.6 is 0 Å². The van der Waals surface area contributed by atoms with Gasteiger partial charge in [0.15, 0.2) is 11.4 Å². The quantitative estimate of drug-likeness (QED) is 0.868. The van der Waals surface area contributed by atoms with Crippen LogP contribution in [0.2, 0.25) is 0 Å². The maximum absolute atomic E-state index is 12.7. The summed E-state index contributed by atoms with van der Waals surface area (Å²) in [5.41, 5.74) is 0.467. The Hall–Kier alpha value is -2.63. The van der Waals surface area contributed by atoms with E-state index in [0.29, 0.717) is 18.8 Å². The Morgan fingerprint density at radius 2 is 1.83 bits per heavy atom. The zero-order valence-electron chi connectivity index (χ0n) is 13.1. The second-order valence-corrected chi connectivity index (χ2v) is 5.50. The zero-order valence-corrected chi connectivity index (χ0v) is 13.1. The molecule has 2 heterocycles. The summed E-state index contributed by atoms with van der Waals surface area (Å²) >= 11 is 0. The molecule has 3 rings (SSSR count). The third-order valence-electron chi connectivity index (χ3n) is 3.96. The van der Waals surface area contributed by atoms with Gasteiger partial charge >= 0.3 is 0 Å². The number of hydrogen-bond donors (Lipinski definition) is 0. The molecule has 0 spiro atoms. The normalized spacial score (nSPS) is 14.6. The van der Waals surface area contributed by atoms with Crippen molar-refractivity contribution in [2.24, 2.45) is 0 Å². The fourth-order valence-corrected chi connectivity index (χ4v) is 2.74. The maximum Gasteiger partial charge on any atom is 0.278 e. The number of ether oxygens (including phenoxy) is 1. The van der Waals surface area contributed by atoms with Gasteiger partial charge in [-0.05, 0) is 31.4 Å². The highest BCUT2D eigenvalue weighted by atomic mass is 16.5. The number of aromatic nitrogens is 2. The van der Waals surface area contributed by atoms with E-state index < -0.39 is 0 Å². The summed E-state index contributed by atoms with van der Waals surface area (Å²) in [7, 11) is 1.44. The number of para-hydroxylation sites is 1. The van der Waals surface area contributed by atoms with Crippen LogP contribution in [-0.4, -0.2) is 40.8 Å². The lowest BCUT2D eigenvalue weighted by Gasteiger charge is -2.26. The number of methoxy groups -OCH3 is 1. The van der Waals surface area contributed by atoms with Gasteiger partial charge in [-0.25, -0.2) is 0 Å². The number of hydrogen-bond acceptors (Lipinski definition) is 4. The topological polar surface area (TPSA) is 64.4 Å². The Morgan fingerprint density at radius 3 is 2.48 bits per heavy atom. The van der Waals surface area contributed by atoms with Crippen molar-refractivity contribution in [3.05, 3.63) is 52.4 Å². The standard InChI is InChI=1S/C17H19N3O3/c1-23-14-12-15(21)20(13-8-4-2-5-9-13)18-16(14)17(22)19-10-6-3-7-11-19/h2,4-5,8-9,12H,3,6-7,10-11H2,1H3. The van der Waals surface area contributed by atoms with Crippen LogP contribution in [-0.2, 0) is 0 Å². The van der Waals surface area contributed by atoms with Crippen LogP contribution in [0.4, 0.5) is 0 Å². The molecule has 0 saturated carbocycles. The Balaban J connectivity index is 2.04. The van der Waals surface area contributed by atoms with E-state index in [1.807, 2.05) is 18.2 Å². The summed E-state index contributed by atoms with van der Waals surface area (Å²) in [6, 6.07) is 10.4. The molecular weight excluding hydrogens is 294 g/mol. The Labute approximate surface area is 134 Å². The highest BCUT2D eigenvalue weighted by molar-refractivity contribution is 5.94. The summed E-state index contributed by atoms with van der Waals surface area (Å²) in [5, 5.41) is 4.28. The monoisotopic (exact) mass is 313 g/mol. The number of piperidine rings is 1. The molecule has 1 amide bonds. The van der Waals surface area contributed by atoms with E-state index in [4.69, 9.17) is 4.74 Å². The van der Waals surface area contributed by atoms with Crippen molar-refractivity contribution in [3.8, 4) is 11.4 Å². The van der Waals surface area contributed by atoms with Gasteiger partial charge in [0.25, 0.3) is 11.5 Å². The maximum atomic E-state index is 12.7. The van der Waals surface area contributed by atoms with Crippen LogP contribution in [0, 0.1) is 0 Å². The molecule has 1 aromatic heterocycles. The second-order valence-electron chi connectivity index (χ2n) is 5.50. The molecule has 6 nitrogen and oxygen atoms in total. The van der Waals surface area contributed by atoms with Gasteiger partial charge < -0.3 is 9.64 Å². The number of carbonyl (C=O) groups is 1. The predicted molar refractivity (Wildman–Crippen MR) is 86.1 cm³/mol. The number of likely N-dealkylation sites (tertiary alicyclic amines) is 1. The lowest BCUT2D eigenvalue weighted by molar-refractivity contribution is 0.0712. The van der Waals surface area contributed by atoms with Crippen LogP contribution < -0.4 is 10.3 Å². The molecule has 1 aromatic carbocycles. The lowest BCUT2D eigenvalue weighted by Crippen LogP contribution is -2.37. The summed E-state index contributed by atoms with van der Waals surface area (Å²) in [4.78, 5) is 26.8. The smallest absolute Gasteiger partial charge is 0.278 e. The van der Waals surface area contributed by atoms with Crippen molar-refractivity contribution in [1.29, 1.82) is 0 Å². The van der Waals surface area contributed by atoms with E-state index in [1.54, 1.807) is 17.0 Å². The molecule has 6 heteroatoms. The lowest BCUT2D eigenvalue weighted by atomic mass is 10.1. The fourth-order valence-electron chi connectivity index (χ4n) is 2.74. The molecule has 0 bridgehead atoms. The number of carbonyl (C=O) groups excluding carboxylic acids is 1. The number of benzene rings is 1. The minimum Gasteiger partial charge on any atom is -0.494 e. The third-order valence-corrected chi connectivity index (χ3v) is 3.96. The predicted octanol–water partition coefficient (Wildman–Crippen LogP) is 1.87. The highest BCUT2D eigenvalue weighted by Gasteiger charge is 2.24. The van der Waals surface area contributed by atoms with Crippen LogP contribution in [0.5, 0.6) is 5.75 Å². The van der Waals surface area contributed by atoms with Gasteiger partial charge in [-0.2, -0.15) is 9.78 Å². The van der Waals surface area contributed by atoms with Gasteiger partial charge in [0.2, 0.25) is 0 Å². The molecule has 0 N–H and O–H groups in total. The largest absolute Gasteiger partial charge is 0.494 e. The van der Waals surface area contributed by atoms with E-state index in [9.17, 15) is 9.59 Å². The van der Waals surface area contributed by atoms with Gasteiger partial charge in [0.05, 0.1) is 18.9 Å². The Bertz CT molecular complexity index is 749. The van der Waals surface area contributed by atoms with Crippen LogP contribution in [0.15, 0.2) is 41.2 Å². The van der Waals surface area contributed by atoms with E-state index in [0.717, 1.165) is 19.3 Å².